The Balaban J connectivity index is 0.000000197. The topological polar surface area (TPSA) is 214 Å². The number of likely N-dealkylation sites (N-methyl/N-ethyl adjacent to an activating group) is 2. The summed E-state index contributed by atoms with van der Waals surface area (Å²) >= 11 is 3.50. The second-order valence-electron chi connectivity index (χ2n) is 16.6. The number of Topliss-reactive ketones (excluding diaryl/α,β-unsaturated/α-hetero) is 1. The number of aromatic nitrogens is 4. The summed E-state index contributed by atoms with van der Waals surface area (Å²) in [4.78, 5) is 70.7. The number of rotatable bonds is 18. The van der Waals surface area contributed by atoms with Crippen molar-refractivity contribution in [2.75, 3.05) is 64.2 Å². The van der Waals surface area contributed by atoms with E-state index in [0.29, 0.717) is 106 Å². The van der Waals surface area contributed by atoms with Crippen LogP contribution in [-0.4, -0.2) is 90.3 Å². The van der Waals surface area contributed by atoms with Gasteiger partial charge in [0.1, 0.15) is 33.6 Å². The molecule has 4 heterocycles. The van der Waals surface area contributed by atoms with E-state index in [1.807, 2.05) is 74.5 Å². The molecule has 0 aliphatic rings. The van der Waals surface area contributed by atoms with Crippen molar-refractivity contribution in [2.45, 2.75) is 33.9 Å². The summed E-state index contributed by atoms with van der Waals surface area (Å²) in [6.45, 7) is 8.68. The molecular weight excluding hydrogens is 985 g/mol. The van der Waals surface area contributed by atoms with Crippen molar-refractivity contribution in [3.8, 4) is 33.6 Å². The number of methoxy groups -OCH3 is 2. The molecule has 0 spiro atoms. The summed E-state index contributed by atoms with van der Waals surface area (Å²) in [7, 11) is 3.17. The number of fused-ring (bicyclic) bond motifs is 6. The number of ketones is 1. The molecule has 17 nitrogen and oxygen atoms in total. The van der Waals surface area contributed by atoms with Gasteiger partial charge in [0, 0.05) is 57.5 Å². The molecule has 0 atom stereocenters. The zero-order valence-electron chi connectivity index (χ0n) is 40.4. The van der Waals surface area contributed by atoms with Gasteiger partial charge < -0.3 is 39.6 Å². The van der Waals surface area contributed by atoms with E-state index in [0.717, 1.165) is 32.9 Å². The average molecular weight is 1040 g/mol. The van der Waals surface area contributed by atoms with Crippen LogP contribution in [0.25, 0.3) is 77.8 Å². The molecule has 2 amide bonds. The van der Waals surface area contributed by atoms with Gasteiger partial charge in [0.05, 0.1) is 39.4 Å². The number of halogens is 1. The van der Waals surface area contributed by atoms with Gasteiger partial charge in [0.2, 0.25) is 11.8 Å². The third kappa shape index (κ3) is 11.3. The average Bonchev–Trinajstić information content (AvgIpc) is 3.96. The van der Waals surface area contributed by atoms with Crippen LogP contribution in [0.2, 0.25) is 0 Å². The highest BCUT2D eigenvalue weighted by molar-refractivity contribution is 9.10. The number of hydrogen-bond donors (Lipinski definition) is 4. The Bertz CT molecular complexity index is 3550. The monoisotopic (exact) mass is 1040 g/mol. The van der Waals surface area contributed by atoms with Crippen LogP contribution in [0.4, 0.5) is 11.4 Å². The van der Waals surface area contributed by atoms with Crippen LogP contribution >= 0.6 is 15.9 Å². The maximum Gasteiger partial charge on any atom is 0.348 e. The molecule has 0 aliphatic carbocycles. The van der Waals surface area contributed by atoms with Gasteiger partial charge in [0.25, 0.3) is 0 Å². The molecule has 4 N–H and O–H groups in total. The molecule has 0 saturated heterocycles. The van der Waals surface area contributed by atoms with Crippen molar-refractivity contribution < 1.29 is 32.7 Å². The molecule has 18 heteroatoms. The van der Waals surface area contributed by atoms with Crippen molar-refractivity contribution in [3.05, 3.63) is 140 Å². The summed E-state index contributed by atoms with van der Waals surface area (Å²) in [5, 5.41) is 13.2. The van der Waals surface area contributed by atoms with Crippen LogP contribution in [0.1, 0.15) is 31.1 Å². The highest BCUT2D eigenvalue weighted by Gasteiger charge is 2.22. The summed E-state index contributed by atoms with van der Waals surface area (Å²) in [6, 6.07) is 33.2. The Hall–Kier alpha value is -7.61. The van der Waals surface area contributed by atoms with Crippen LogP contribution in [0.3, 0.4) is 0 Å². The normalized spacial score (nSPS) is 11.3. The summed E-state index contributed by atoms with van der Waals surface area (Å²) in [5.41, 5.74) is 8.89. The van der Waals surface area contributed by atoms with Crippen molar-refractivity contribution >= 4 is 89.0 Å². The molecule has 0 fully saturated rings. The minimum Gasteiger partial charge on any atom is -0.452 e. The molecule has 0 aliphatic heterocycles. The minimum absolute atomic E-state index is 0.00827. The molecule has 0 unspecified atom stereocenters. The largest absolute Gasteiger partial charge is 0.452 e. The lowest BCUT2D eigenvalue weighted by Crippen LogP contribution is -2.27. The number of carbonyl (C=O) groups is 3. The fraction of sp³-hybridized carbons (Fsp3) is 0.241. The number of ether oxygens (including phenoxy) is 2. The molecule has 72 heavy (non-hydrogen) atoms. The van der Waals surface area contributed by atoms with Gasteiger partial charge in [-0.2, -0.15) is 9.97 Å². The standard InChI is InChI=1S/C31H30N4O5.C23H23BrN4O4/c1-4-32-18-27(37)33-24-12-9-22(10-13-24)28-30-29(35(15-16-39-3)31(38)34-28)25-17-23(11-14-26(25)40-30)21-7-5-20(6-8-21)19(2)36;1-3-25-13-19(29)26-16-7-4-14(5-8-16)20-22-21(28(10-11-31-2)23(30)27-20)17-12-15(24)6-9-18(17)32-22/h5-14,17,32H,4,15-16,18H2,1-3H3,(H,33,37);4-9,12,25H,3,10-11,13H2,1-2H3,(H,26,29). The Labute approximate surface area is 421 Å². The number of anilines is 2. The Morgan fingerprint density at radius 3 is 1.46 bits per heavy atom. The fourth-order valence-electron chi connectivity index (χ4n) is 8.16. The Morgan fingerprint density at radius 1 is 0.583 bits per heavy atom. The predicted octanol–water partition coefficient (Wildman–Crippen LogP) is 8.64. The van der Waals surface area contributed by atoms with Crippen LogP contribution in [-0.2, 0) is 32.2 Å². The minimum atomic E-state index is -0.415. The molecule has 9 rings (SSSR count). The van der Waals surface area contributed by atoms with Gasteiger partial charge in [-0.3, -0.25) is 23.5 Å². The highest BCUT2D eigenvalue weighted by atomic mass is 79.9. The highest BCUT2D eigenvalue weighted by Crippen LogP contribution is 2.38. The zero-order valence-corrected chi connectivity index (χ0v) is 42.0. The van der Waals surface area contributed by atoms with Gasteiger partial charge in [-0.05, 0) is 85.7 Å². The number of carbonyl (C=O) groups excluding carboxylic acids is 3. The van der Waals surface area contributed by atoms with Crippen molar-refractivity contribution in [3.63, 3.8) is 0 Å². The number of furan rings is 2. The zero-order chi connectivity index (χ0) is 50.9. The molecule has 0 saturated carbocycles. The van der Waals surface area contributed by atoms with Gasteiger partial charge in [-0.25, -0.2) is 9.59 Å². The molecule has 0 bridgehead atoms. The quantitative estimate of drug-likeness (QED) is 0.0593. The smallest absolute Gasteiger partial charge is 0.348 e. The van der Waals surface area contributed by atoms with Gasteiger partial charge >= 0.3 is 11.4 Å². The van der Waals surface area contributed by atoms with Gasteiger partial charge in [-0.1, -0.05) is 84.4 Å². The Kier molecular flexibility index (Phi) is 16.3. The first-order valence-corrected chi connectivity index (χ1v) is 24.1. The third-order valence-corrected chi connectivity index (χ3v) is 12.2. The molecule has 9 aromatic rings. The lowest BCUT2D eigenvalue weighted by atomic mass is 10.0. The molecule has 5 aromatic carbocycles. The summed E-state index contributed by atoms with van der Waals surface area (Å²) in [5.74, 6) is -0.252. The molecular formula is C54H53BrN8O9. The van der Waals surface area contributed by atoms with E-state index in [2.05, 4.69) is 47.2 Å². The number of hydrogen-bond acceptors (Lipinski definition) is 13. The van der Waals surface area contributed by atoms with E-state index in [1.54, 1.807) is 71.9 Å². The van der Waals surface area contributed by atoms with E-state index in [1.165, 1.54) is 6.92 Å². The van der Waals surface area contributed by atoms with E-state index in [-0.39, 0.29) is 36.4 Å². The van der Waals surface area contributed by atoms with Gasteiger partial charge in [0.15, 0.2) is 16.9 Å². The van der Waals surface area contributed by atoms with Crippen molar-refractivity contribution in [2.24, 2.45) is 0 Å². The number of nitrogens with zero attached hydrogens (tertiary/aromatic N) is 4. The first-order chi connectivity index (χ1) is 34.9. The lowest BCUT2D eigenvalue weighted by Gasteiger charge is -2.10. The second-order valence-corrected chi connectivity index (χ2v) is 17.5. The maximum atomic E-state index is 13.3. The van der Waals surface area contributed by atoms with E-state index in [9.17, 15) is 24.0 Å². The summed E-state index contributed by atoms with van der Waals surface area (Å²) in [6.07, 6.45) is 0. The Morgan fingerprint density at radius 2 is 1.01 bits per heavy atom. The number of nitrogens with one attached hydrogen (secondary N) is 4. The summed E-state index contributed by atoms with van der Waals surface area (Å²) < 4.78 is 26.9. The van der Waals surface area contributed by atoms with Crippen LogP contribution in [0.5, 0.6) is 0 Å². The fourth-order valence-corrected chi connectivity index (χ4v) is 8.52. The van der Waals surface area contributed by atoms with Crippen LogP contribution < -0.4 is 32.6 Å². The molecule has 0 radical (unpaired) electrons. The second kappa shape index (κ2) is 23.1. The number of benzene rings is 5. The first kappa shape index (κ1) is 50.8. The SMILES string of the molecule is CCNCC(=O)Nc1ccc(-c2nc(=O)n(CCOC)c3c2oc2ccc(-c4ccc(C(C)=O)cc4)cc23)cc1.CCNCC(=O)Nc1ccc(-c2nc(=O)n(CCOC)c3c2oc2ccc(Br)cc23)cc1. The molecule has 370 valence electrons. The predicted molar refractivity (Wildman–Crippen MR) is 284 cm³/mol. The van der Waals surface area contributed by atoms with Crippen LogP contribution in [0.15, 0.2) is 132 Å². The number of amides is 2. The van der Waals surface area contributed by atoms with Crippen molar-refractivity contribution in [1.29, 1.82) is 0 Å². The molecule has 4 aromatic heterocycles. The van der Waals surface area contributed by atoms with Crippen LogP contribution in [0, 0.1) is 0 Å². The maximum absolute atomic E-state index is 13.3. The van der Waals surface area contributed by atoms with E-state index >= 15 is 0 Å². The third-order valence-electron chi connectivity index (χ3n) is 11.8. The van der Waals surface area contributed by atoms with Crippen molar-refractivity contribution in [1.82, 2.24) is 29.7 Å². The van der Waals surface area contributed by atoms with Gasteiger partial charge in [-0.15, -0.1) is 0 Å². The van der Waals surface area contributed by atoms with E-state index in [4.69, 9.17) is 18.3 Å². The lowest BCUT2D eigenvalue weighted by molar-refractivity contribution is -0.116. The first-order valence-electron chi connectivity index (χ1n) is 23.3. The van der Waals surface area contributed by atoms with E-state index < -0.39 is 5.69 Å².